The molecule has 4 atom stereocenters. The second-order valence-corrected chi connectivity index (χ2v) is 5.82. The van der Waals surface area contributed by atoms with Gasteiger partial charge in [0.25, 0.3) is 0 Å². The molecule has 0 aromatic heterocycles. The van der Waals surface area contributed by atoms with E-state index in [4.69, 9.17) is 23.7 Å². The first-order chi connectivity index (χ1) is 7.85. The van der Waals surface area contributed by atoms with Gasteiger partial charge < -0.3 is 23.7 Å². The lowest BCUT2D eigenvalue weighted by molar-refractivity contribution is -0.220. The maximum Gasteiger partial charge on any atom is 0.187 e. The highest BCUT2D eigenvalue weighted by molar-refractivity contribution is 4.90. The van der Waals surface area contributed by atoms with Gasteiger partial charge in [0.15, 0.2) is 17.9 Å². The zero-order valence-electron chi connectivity index (χ0n) is 10.8. The Bertz CT molecular complexity index is 298. The average molecular weight is 244 g/mol. The minimum atomic E-state index is -0.535. The minimum Gasteiger partial charge on any atom is -0.348 e. The third-order valence-electron chi connectivity index (χ3n) is 3.36. The van der Waals surface area contributed by atoms with Crippen LogP contribution in [0.2, 0.25) is 0 Å². The predicted molar refractivity (Wildman–Crippen MR) is 58.2 cm³/mol. The van der Waals surface area contributed by atoms with Crippen LogP contribution in [0.3, 0.4) is 0 Å². The fraction of sp³-hybridized carbons (Fsp3) is 1.00. The van der Waals surface area contributed by atoms with Crippen molar-refractivity contribution in [3.63, 3.8) is 0 Å². The maximum atomic E-state index is 5.85. The lowest BCUT2D eigenvalue weighted by atomic mass is 10.1. The number of hydrogen-bond donors (Lipinski definition) is 0. The van der Waals surface area contributed by atoms with Crippen molar-refractivity contribution in [2.24, 2.45) is 0 Å². The molecule has 0 aromatic rings. The molecule has 3 rings (SSSR count). The van der Waals surface area contributed by atoms with Crippen LogP contribution in [0.25, 0.3) is 0 Å². The zero-order chi connectivity index (χ0) is 12.3. The molecule has 0 spiro atoms. The number of hydrogen-bond acceptors (Lipinski definition) is 5. The molecule has 5 nitrogen and oxygen atoms in total. The van der Waals surface area contributed by atoms with Crippen LogP contribution >= 0.6 is 0 Å². The monoisotopic (exact) mass is 244 g/mol. The highest BCUT2D eigenvalue weighted by Gasteiger charge is 2.52. The van der Waals surface area contributed by atoms with E-state index in [0.29, 0.717) is 6.61 Å². The number of rotatable bonds is 1. The van der Waals surface area contributed by atoms with Gasteiger partial charge in [0.05, 0.1) is 12.7 Å². The molecule has 0 saturated carbocycles. The Morgan fingerprint density at radius 2 is 1.53 bits per heavy atom. The molecule has 3 heterocycles. The van der Waals surface area contributed by atoms with Gasteiger partial charge in [-0.15, -0.1) is 0 Å². The second kappa shape index (κ2) is 3.65. The molecule has 17 heavy (non-hydrogen) atoms. The van der Waals surface area contributed by atoms with Crippen molar-refractivity contribution in [1.29, 1.82) is 0 Å². The summed E-state index contributed by atoms with van der Waals surface area (Å²) in [6, 6.07) is 0. The molecular formula is C12H20O5. The topological polar surface area (TPSA) is 46.2 Å². The second-order valence-electron chi connectivity index (χ2n) is 5.82. The molecule has 0 aromatic carbocycles. The van der Waals surface area contributed by atoms with Gasteiger partial charge in [-0.1, -0.05) is 0 Å². The molecule has 1 unspecified atom stereocenters. The third-order valence-corrected chi connectivity index (χ3v) is 3.36. The fourth-order valence-corrected chi connectivity index (χ4v) is 2.67. The van der Waals surface area contributed by atoms with Gasteiger partial charge in [0.1, 0.15) is 12.2 Å². The summed E-state index contributed by atoms with van der Waals surface area (Å²) >= 11 is 0. The van der Waals surface area contributed by atoms with E-state index < -0.39 is 11.6 Å². The van der Waals surface area contributed by atoms with E-state index in [2.05, 4.69) is 0 Å². The average Bonchev–Trinajstić information content (AvgIpc) is 2.75. The molecule has 0 radical (unpaired) electrons. The SMILES string of the molecule is CC1(C)OC2O[C@H]([C@H]3COC(C)(C)O3)C[C@H]2O1. The quantitative estimate of drug-likeness (QED) is 0.697. The Morgan fingerprint density at radius 1 is 0.824 bits per heavy atom. The summed E-state index contributed by atoms with van der Waals surface area (Å²) in [7, 11) is 0. The Kier molecular flexibility index (Phi) is 2.55. The first-order valence-corrected chi connectivity index (χ1v) is 6.18. The smallest absolute Gasteiger partial charge is 0.187 e. The van der Waals surface area contributed by atoms with Crippen molar-refractivity contribution in [2.45, 2.75) is 70.3 Å². The van der Waals surface area contributed by atoms with Crippen molar-refractivity contribution in [2.75, 3.05) is 6.61 Å². The highest BCUT2D eigenvalue weighted by Crippen LogP contribution is 2.40. The van der Waals surface area contributed by atoms with Crippen LogP contribution in [0, 0.1) is 0 Å². The molecule has 3 fully saturated rings. The Balaban J connectivity index is 1.60. The van der Waals surface area contributed by atoms with Crippen LogP contribution in [0.4, 0.5) is 0 Å². The van der Waals surface area contributed by atoms with Crippen molar-refractivity contribution < 1.29 is 23.7 Å². The molecule has 3 saturated heterocycles. The summed E-state index contributed by atoms with van der Waals surface area (Å²) in [5.74, 6) is -1.04. The van der Waals surface area contributed by atoms with Gasteiger partial charge in [-0.05, 0) is 27.7 Å². The molecule has 5 heteroatoms. The van der Waals surface area contributed by atoms with Crippen LogP contribution in [0.1, 0.15) is 34.1 Å². The Labute approximate surface area is 101 Å². The van der Waals surface area contributed by atoms with E-state index >= 15 is 0 Å². The molecule has 98 valence electrons. The Morgan fingerprint density at radius 3 is 2.12 bits per heavy atom. The summed E-state index contributed by atoms with van der Waals surface area (Å²) in [6.07, 6.45) is 0.538. The maximum absolute atomic E-state index is 5.85. The lowest BCUT2D eigenvalue weighted by Gasteiger charge is -2.23. The summed E-state index contributed by atoms with van der Waals surface area (Å²) in [5, 5.41) is 0. The number of fused-ring (bicyclic) bond motifs is 1. The first-order valence-electron chi connectivity index (χ1n) is 6.18. The van der Waals surface area contributed by atoms with Gasteiger partial charge in [-0.25, -0.2) is 0 Å². The predicted octanol–water partition coefficient (Wildman–Crippen LogP) is 1.40. The molecule has 0 bridgehead atoms. The van der Waals surface area contributed by atoms with E-state index in [1.54, 1.807) is 0 Å². The zero-order valence-corrected chi connectivity index (χ0v) is 10.8. The molecule has 0 aliphatic carbocycles. The van der Waals surface area contributed by atoms with Crippen molar-refractivity contribution in [1.82, 2.24) is 0 Å². The molecule has 0 amide bonds. The van der Waals surface area contributed by atoms with Crippen molar-refractivity contribution >= 4 is 0 Å². The van der Waals surface area contributed by atoms with E-state index in [-0.39, 0.29) is 24.6 Å². The third kappa shape index (κ3) is 2.22. The summed E-state index contributed by atoms with van der Waals surface area (Å²) in [5.41, 5.74) is 0. The van der Waals surface area contributed by atoms with Crippen molar-refractivity contribution in [3.8, 4) is 0 Å². The standard InChI is InChI=1S/C12H20O5/c1-11(2)13-6-9(16-11)7-5-8-10(14-7)17-12(3,4)15-8/h7-10H,5-6H2,1-4H3/t7-,8+,9+,10?/m0/s1. The van der Waals surface area contributed by atoms with Crippen molar-refractivity contribution in [3.05, 3.63) is 0 Å². The van der Waals surface area contributed by atoms with Crippen LogP contribution in [0.5, 0.6) is 0 Å². The normalized spacial score (nSPS) is 47.3. The fourth-order valence-electron chi connectivity index (χ4n) is 2.67. The largest absolute Gasteiger partial charge is 0.348 e. The van der Waals surface area contributed by atoms with Gasteiger partial charge in [-0.2, -0.15) is 0 Å². The van der Waals surface area contributed by atoms with E-state index in [1.807, 2.05) is 27.7 Å². The summed E-state index contributed by atoms with van der Waals surface area (Å²) < 4.78 is 28.6. The van der Waals surface area contributed by atoms with Gasteiger partial charge in [-0.3, -0.25) is 0 Å². The van der Waals surface area contributed by atoms with E-state index in [0.717, 1.165) is 6.42 Å². The first kappa shape index (κ1) is 11.9. The van der Waals surface area contributed by atoms with Crippen LogP contribution < -0.4 is 0 Å². The van der Waals surface area contributed by atoms with E-state index in [9.17, 15) is 0 Å². The highest BCUT2D eigenvalue weighted by atomic mass is 16.8. The van der Waals surface area contributed by atoms with Gasteiger partial charge >= 0.3 is 0 Å². The molecule has 3 aliphatic rings. The summed E-state index contributed by atoms with van der Waals surface area (Å²) in [4.78, 5) is 0. The van der Waals surface area contributed by atoms with Gasteiger partial charge in [0, 0.05) is 6.42 Å². The molecule has 0 N–H and O–H groups in total. The minimum absolute atomic E-state index is 0.00266. The molecule has 3 aliphatic heterocycles. The van der Waals surface area contributed by atoms with E-state index in [1.165, 1.54) is 0 Å². The van der Waals surface area contributed by atoms with Crippen LogP contribution in [-0.2, 0) is 23.7 Å². The van der Waals surface area contributed by atoms with Crippen LogP contribution in [0.15, 0.2) is 0 Å². The summed E-state index contributed by atoms with van der Waals surface area (Å²) in [6.45, 7) is 8.21. The van der Waals surface area contributed by atoms with Gasteiger partial charge in [0.2, 0.25) is 0 Å². The molecular weight excluding hydrogens is 224 g/mol. The number of ether oxygens (including phenoxy) is 5. The lowest BCUT2D eigenvalue weighted by Crippen LogP contribution is -2.33. The Hall–Kier alpha value is -0.200. The van der Waals surface area contributed by atoms with Crippen LogP contribution in [-0.4, -0.2) is 42.8 Å².